The van der Waals surface area contributed by atoms with Gasteiger partial charge in [-0.2, -0.15) is 0 Å². The Labute approximate surface area is 135 Å². The second kappa shape index (κ2) is 7.14. The lowest BCUT2D eigenvalue weighted by molar-refractivity contribution is -0.274. The number of halogens is 6. The highest BCUT2D eigenvalue weighted by Crippen LogP contribution is 2.29. The lowest BCUT2D eigenvalue weighted by Gasteiger charge is -2.16. The molecule has 2 N–H and O–H groups in total. The van der Waals surface area contributed by atoms with Gasteiger partial charge in [0.1, 0.15) is 17.4 Å². The maximum absolute atomic E-state index is 14.0. The van der Waals surface area contributed by atoms with Crippen LogP contribution in [0.5, 0.6) is 5.75 Å². The first-order valence-electron chi connectivity index (χ1n) is 6.25. The van der Waals surface area contributed by atoms with Crippen LogP contribution in [-0.2, 0) is 0 Å². The summed E-state index contributed by atoms with van der Waals surface area (Å²) in [6.45, 7) is 1.46. The van der Waals surface area contributed by atoms with Crippen molar-refractivity contribution in [1.29, 1.82) is 0 Å². The summed E-state index contributed by atoms with van der Waals surface area (Å²) in [6.07, 6.45) is -4.81. The van der Waals surface area contributed by atoms with Crippen LogP contribution in [-0.4, -0.2) is 6.36 Å². The molecule has 2 rings (SSSR count). The van der Waals surface area contributed by atoms with E-state index in [9.17, 15) is 22.0 Å². The fourth-order valence-electron chi connectivity index (χ4n) is 2.01. The second-order valence-corrected chi connectivity index (χ2v) is 4.69. The highest BCUT2D eigenvalue weighted by Gasteiger charge is 2.31. The van der Waals surface area contributed by atoms with Gasteiger partial charge in [0.2, 0.25) is 0 Å². The van der Waals surface area contributed by atoms with Crippen LogP contribution in [0.3, 0.4) is 0 Å². The molecule has 0 aromatic heterocycles. The first kappa shape index (κ1) is 19.2. The van der Waals surface area contributed by atoms with Gasteiger partial charge >= 0.3 is 6.36 Å². The molecule has 0 spiro atoms. The molecule has 126 valence electrons. The molecule has 0 heterocycles. The van der Waals surface area contributed by atoms with E-state index in [1.807, 2.05) is 0 Å². The summed E-state index contributed by atoms with van der Waals surface area (Å²) in [7, 11) is 0. The summed E-state index contributed by atoms with van der Waals surface area (Å²) in [5.74, 6) is -2.03. The van der Waals surface area contributed by atoms with Crippen LogP contribution in [0.4, 0.5) is 22.0 Å². The summed E-state index contributed by atoms with van der Waals surface area (Å²) in [5, 5.41) is 0. The van der Waals surface area contributed by atoms with E-state index in [4.69, 9.17) is 5.73 Å². The Morgan fingerprint density at radius 2 is 1.57 bits per heavy atom. The number of rotatable bonds is 3. The van der Waals surface area contributed by atoms with E-state index in [-0.39, 0.29) is 29.1 Å². The van der Waals surface area contributed by atoms with Gasteiger partial charge < -0.3 is 10.5 Å². The van der Waals surface area contributed by atoms with Crippen LogP contribution in [0.25, 0.3) is 0 Å². The predicted molar refractivity (Wildman–Crippen MR) is 77.5 cm³/mol. The van der Waals surface area contributed by atoms with Crippen molar-refractivity contribution in [3.8, 4) is 5.75 Å². The molecule has 2 aromatic carbocycles. The molecule has 0 fully saturated rings. The lowest BCUT2D eigenvalue weighted by Crippen LogP contribution is -2.18. The Bertz CT molecular complexity index is 673. The second-order valence-electron chi connectivity index (χ2n) is 4.69. The van der Waals surface area contributed by atoms with Crippen LogP contribution in [0.15, 0.2) is 36.4 Å². The van der Waals surface area contributed by atoms with Crippen LogP contribution < -0.4 is 10.5 Å². The zero-order valence-electron chi connectivity index (χ0n) is 11.8. The smallest absolute Gasteiger partial charge is 0.406 e. The molecule has 0 unspecified atom stereocenters. The molecule has 0 bridgehead atoms. The molecule has 0 radical (unpaired) electrons. The third-order valence-electron chi connectivity index (χ3n) is 3.10. The van der Waals surface area contributed by atoms with E-state index in [0.717, 1.165) is 18.2 Å². The molecule has 0 amide bonds. The fourth-order valence-corrected chi connectivity index (χ4v) is 2.01. The topological polar surface area (TPSA) is 35.2 Å². The Kier molecular flexibility index (Phi) is 5.96. The standard InChI is InChI=1S/C15H12F5NO.ClH/c1-8-2-7-11(16)12(13(8)17)14(21)9-3-5-10(6-4-9)22-15(18,19)20;/h2-7,14H,21H2,1H3;1H/t14-;/m1./s1. The Morgan fingerprint density at radius 1 is 1.00 bits per heavy atom. The number of nitrogens with two attached hydrogens (primary N) is 1. The van der Waals surface area contributed by atoms with Gasteiger partial charge in [-0.05, 0) is 36.2 Å². The summed E-state index contributed by atoms with van der Waals surface area (Å²) in [5.41, 5.74) is 5.98. The minimum absolute atomic E-state index is 0. The average Bonchev–Trinajstić information content (AvgIpc) is 2.42. The first-order chi connectivity index (χ1) is 10.2. The third kappa shape index (κ3) is 4.56. The van der Waals surface area contributed by atoms with Crippen LogP contribution >= 0.6 is 12.4 Å². The Morgan fingerprint density at radius 3 is 2.09 bits per heavy atom. The molecule has 0 aliphatic rings. The van der Waals surface area contributed by atoms with Crippen molar-refractivity contribution in [2.24, 2.45) is 5.73 Å². The maximum Gasteiger partial charge on any atom is 0.573 e. The Balaban J connectivity index is 0.00000264. The van der Waals surface area contributed by atoms with Gasteiger partial charge in [-0.15, -0.1) is 25.6 Å². The van der Waals surface area contributed by atoms with E-state index < -0.39 is 29.8 Å². The normalized spacial score (nSPS) is 12.5. The van der Waals surface area contributed by atoms with E-state index in [2.05, 4.69) is 4.74 Å². The van der Waals surface area contributed by atoms with E-state index in [1.54, 1.807) is 0 Å². The van der Waals surface area contributed by atoms with Gasteiger partial charge in [0, 0.05) is 5.56 Å². The minimum Gasteiger partial charge on any atom is -0.406 e. The SMILES string of the molecule is Cc1ccc(F)c([C@H](N)c2ccc(OC(F)(F)F)cc2)c1F.Cl. The van der Waals surface area contributed by atoms with Crippen molar-refractivity contribution in [2.45, 2.75) is 19.3 Å². The zero-order chi connectivity index (χ0) is 16.5. The summed E-state index contributed by atoms with van der Waals surface area (Å²) < 4.78 is 67.7. The maximum atomic E-state index is 14.0. The fraction of sp³-hybridized carbons (Fsp3) is 0.200. The first-order valence-corrected chi connectivity index (χ1v) is 6.25. The molecular weight excluding hydrogens is 341 g/mol. The quantitative estimate of drug-likeness (QED) is 0.816. The predicted octanol–water partition coefficient (Wildman–Crippen LogP) is 4.64. The number of ether oxygens (including phenoxy) is 1. The lowest BCUT2D eigenvalue weighted by atomic mass is 9.97. The van der Waals surface area contributed by atoms with Gasteiger partial charge in [-0.3, -0.25) is 0 Å². The molecule has 2 aromatic rings. The van der Waals surface area contributed by atoms with Crippen molar-refractivity contribution in [3.05, 3.63) is 64.7 Å². The highest BCUT2D eigenvalue weighted by atomic mass is 35.5. The molecule has 8 heteroatoms. The largest absolute Gasteiger partial charge is 0.573 e. The molecule has 0 saturated heterocycles. The van der Waals surface area contributed by atoms with Crippen LogP contribution in [0, 0.1) is 18.6 Å². The van der Waals surface area contributed by atoms with Crippen molar-refractivity contribution >= 4 is 12.4 Å². The van der Waals surface area contributed by atoms with Gasteiger partial charge in [0.25, 0.3) is 0 Å². The number of hydrogen-bond donors (Lipinski definition) is 1. The summed E-state index contributed by atoms with van der Waals surface area (Å²) in [6, 6.07) is 5.76. The van der Waals surface area contributed by atoms with Crippen molar-refractivity contribution in [1.82, 2.24) is 0 Å². The molecule has 0 aliphatic carbocycles. The highest BCUT2D eigenvalue weighted by molar-refractivity contribution is 5.85. The third-order valence-corrected chi connectivity index (χ3v) is 3.10. The van der Waals surface area contributed by atoms with Crippen LogP contribution in [0.1, 0.15) is 22.7 Å². The van der Waals surface area contributed by atoms with Crippen molar-refractivity contribution in [3.63, 3.8) is 0 Å². The van der Waals surface area contributed by atoms with Crippen LogP contribution in [0.2, 0.25) is 0 Å². The van der Waals surface area contributed by atoms with Crippen molar-refractivity contribution in [2.75, 3.05) is 0 Å². The molecule has 2 nitrogen and oxygen atoms in total. The molecule has 23 heavy (non-hydrogen) atoms. The average molecular weight is 354 g/mol. The number of hydrogen-bond acceptors (Lipinski definition) is 2. The molecule has 1 atom stereocenters. The zero-order valence-corrected chi connectivity index (χ0v) is 12.6. The number of aryl methyl sites for hydroxylation is 1. The minimum atomic E-state index is -4.81. The molecular formula is C15H13ClF5NO. The molecule has 0 aliphatic heterocycles. The Hall–Kier alpha value is -1.86. The van der Waals surface area contributed by atoms with Gasteiger partial charge in [-0.1, -0.05) is 18.2 Å². The molecule has 0 saturated carbocycles. The van der Waals surface area contributed by atoms with E-state index >= 15 is 0 Å². The summed E-state index contributed by atoms with van der Waals surface area (Å²) in [4.78, 5) is 0. The van der Waals surface area contributed by atoms with Gasteiger partial charge in [0.05, 0.1) is 6.04 Å². The van der Waals surface area contributed by atoms with Crippen molar-refractivity contribution < 1.29 is 26.7 Å². The van der Waals surface area contributed by atoms with Gasteiger partial charge in [-0.25, -0.2) is 8.78 Å². The summed E-state index contributed by atoms with van der Waals surface area (Å²) >= 11 is 0. The van der Waals surface area contributed by atoms with E-state index in [0.29, 0.717) is 0 Å². The van der Waals surface area contributed by atoms with E-state index in [1.165, 1.54) is 25.1 Å². The number of alkyl halides is 3. The van der Waals surface area contributed by atoms with Gasteiger partial charge in [0.15, 0.2) is 0 Å². The monoisotopic (exact) mass is 353 g/mol. The number of benzene rings is 2.